The van der Waals surface area contributed by atoms with E-state index in [0.717, 1.165) is 18.8 Å². The molecule has 2 rings (SSSR count). The Morgan fingerprint density at radius 1 is 1.35 bits per heavy atom. The molecule has 0 atom stereocenters. The van der Waals surface area contributed by atoms with E-state index >= 15 is 0 Å². The smallest absolute Gasteiger partial charge is 0.189 e. The molecule has 17 heavy (non-hydrogen) atoms. The molecule has 90 valence electrons. The molecular formula is C12H16N4S. The van der Waals surface area contributed by atoms with Gasteiger partial charge in [-0.2, -0.15) is 5.10 Å². The van der Waals surface area contributed by atoms with Crippen LogP contribution in [0.4, 0.5) is 0 Å². The lowest BCUT2D eigenvalue weighted by Crippen LogP contribution is -2.40. The molecule has 1 N–H and O–H groups in total. The third-order valence-corrected chi connectivity index (χ3v) is 3.04. The van der Waals surface area contributed by atoms with Crippen molar-refractivity contribution in [2.24, 2.45) is 5.10 Å². The Morgan fingerprint density at radius 2 is 2.18 bits per heavy atom. The Hall–Kier alpha value is -1.49. The van der Waals surface area contributed by atoms with E-state index in [0.29, 0.717) is 5.11 Å². The number of pyridine rings is 1. The summed E-state index contributed by atoms with van der Waals surface area (Å²) in [6.45, 7) is 2.07. The van der Waals surface area contributed by atoms with E-state index in [-0.39, 0.29) is 0 Å². The van der Waals surface area contributed by atoms with E-state index in [1.807, 2.05) is 18.2 Å². The van der Waals surface area contributed by atoms with Gasteiger partial charge < -0.3 is 4.90 Å². The first-order chi connectivity index (χ1) is 8.36. The van der Waals surface area contributed by atoms with Crippen LogP contribution in [0, 0.1) is 0 Å². The van der Waals surface area contributed by atoms with Crippen molar-refractivity contribution < 1.29 is 0 Å². The second-order valence-corrected chi connectivity index (χ2v) is 4.36. The SMILES string of the molecule is S=C(N/N=C\c1ccccn1)N1CCCCC1. The number of hydrogen-bond acceptors (Lipinski definition) is 3. The molecule has 0 unspecified atom stereocenters. The lowest BCUT2D eigenvalue weighted by Gasteiger charge is -2.28. The highest BCUT2D eigenvalue weighted by molar-refractivity contribution is 7.80. The van der Waals surface area contributed by atoms with Crippen LogP contribution in [0.1, 0.15) is 25.0 Å². The third-order valence-electron chi connectivity index (χ3n) is 2.69. The van der Waals surface area contributed by atoms with Crippen LogP contribution in [-0.4, -0.2) is 34.3 Å². The van der Waals surface area contributed by atoms with Crippen LogP contribution in [0.15, 0.2) is 29.5 Å². The average Bonchev–Trinajstić information content (AvgIpc) is 2.41. The lowest BCUT2D eigenvalue weighted by atomic mass is 10.1. The minimum Gasteiger partial charge on any atom is -0.348 e. The summed E-state index contributed by atoms with van der Waals surface area (Å²) in [7, 11) is 0. The molecule has 0 radical (unpaired) electrons. The number of nitrogens with zero attached hydrogens (tertiary/aromatic N) is 3. The predicted molar refractivity (Wildman–Crippen MR) is 73.0 cm³/mol. The number of hydrazone groups is 1. The van der Waals surface area contributed by atoms with Gasteiger partial charge in [-0.05, 0) is 43.6 Å². The van der Waals surface area contributed by atoms with E-state index in [4.69, 9.17) is 12.2 Å². The van der Waals surface area contributed by atoms with Crippen molar-refractivity contribution in [3.05, 3.63) is 30.1 Å². The molecule has 1 aliphatic rings. The zero-order valence-electron chi connectivity index (χ0n) is 9.67. The minimum atomic E-state index is 0.705. The maximum atomic E-state index is 5.27. The number of nitrogens with one attached hydrogen (secondary N) is 1. The summed E-state index contributed by atoms with van der Waals surface area (Å²) < 4.78 is 0. The highest BCUT2D eigenvalue weighted by Crippen LogP contribution is 2.08. The van der Waals surface area contributed by atoms with Crippen molar-refractivity contribution >= 4 is 23.5 Å². The molecule has 0 spiro atoms. The molecule has 1 aromatic heterocycles. The van der Waals surface area contributed by atoms with Gasteiger partial charge in [0.1, 0.15) is 0 Å². The second-order valence-electron chi connectivity index (χ2n) is 3.98. The molecule has 1 fully saturated rings. The molecular weight excluding hydrogens is 232 g/mol. The van der Waals surface area contributed by atoms with Crippen molar-refractivity contribution in [1.82, 2.24) is 15.3 Å². The molecule has 0 amide bonds. The van der Waals surface area contributed by atoms with E-state index in [9.17, 15) is 0 Å². The zero-order chi connectivity index (χ0) is 11.9. The summed E-state index contributed by atoms with van der Waals surface area (Å²) >= 11 is 5.27. The normalized spacial score (nSPS) is 16.1. The largest absolute Gasteiger partial charge is 0.348 e. The van der Waals surface area contributed by atoms with Gasteiger partial charge in [0.25, 0.3) is 0 Å². The van der Waals surface area contributed by atoms with Gasteiger partial charge in [-0.1, -0.05) is 6.07 Å². The highest BCUT2D eigenvalue weighted by atomic mass is 32.1. The van der Waals surface area contributed by atoms with Gasteiger partial charge >= 0.3 is 0 Å². The summed E-state index contributed by atoms with van der Waals surface area (Å²) in [5, 5.41) is 4.80. The van der Waals surface area contributed by atoms with Gasteiger partial charge in [-0.3, -0.25) is 10.4 Å². The molecule has 1 aromatic rings. The number of rotatable bonds is 2. The Morgan fingerprint density at radius 3 is 2.88 bits per heavy atom. The summed E-state index contributed by atoms with van der Waals surface area (Å²) in [6, 6.07) is 5.70. The first kappa shape index (κ1) is 12.0. The van der Waals surface area contributed by atoms with E-state index in [2.05, 4.69) is 20.4 Å². The molecule has 5 heteroatoms. The monoisotopic (exact) mass is 248 g/mol. The molecule has 1 aliphatic heterocycles. The Kier molecular flexibility index (Phi) is 4.44. The quantitative estimate of drug-likeness (QED) is 0.492. The van der Waals surface area contributed by atoms with Gasteiger partial charge in [-0.15, -0.1) is 0 Å². The summed E-state index contributed by atoms with van der Waals surface area (Å²) in [6.07, 6.45) is 7.15. The fourth-order valence-electron chi connectivity index (χ4n) is 1.77. The second kappa shape index (κ2) is 6.30. The first-order valence-corrected chi connectivity index (χ1v) is 6.26. The van der Waals surface area contributed by atoms with Crippen molar-refractivity contribution in [3.63, 3.8) is 0 Å². The van der Waals surface area contributed by atoms with Crippen LogP contribution in [0.5, 0.6) is 0 Å². The molecule has 0 aromatic carbocycles. The van der Waals surface area contributed by atoms with Gasteiger partial charge in [0.2, 0.25) is 0 Å². The summed E-state index contributed by atoms with van der Waals surface area (Å²) in [4.78, 5) is 6.30. The van der Waals surface area contributed by atoms with Crippen LogP contribution in [0.2, 0.25) is 0 Å². The number of thiocarbonyl (C=S) groups is 1. The Labute approximate surface area is 107 Å². The molecule has 0 bridgehead atoms. The molecule has 0 saturated carbocycles. The summed E-state index contributed by atoms with van der Waals surface area (Å²) in [5.74, 6) is 0. The van der Waals surface area contributed by atoms with Crippen LogP contribution >= 0.6 is 12.2 Å². The first-order valence-electron chi connectivity index (χ1n) is 5.85. The van der Waals surface area contributed by atoms with Gasteiger partial charge in [0, 0.05) is 19.3 Å². The van der Waals surface area contributed by atoms with Crippen molar-refractivity contribution in [2.75, 3.05) is 13.1 Å². The average molecular weight is 248 g/mol. The fourth-order valence-corrected chi connectivity index (χ4v) is 2.01. The van der Waals surface area contributed by atoms with Crippen LogP contribution in [0.25, 0.3) is 0 Å². The standard InChI is InChI=1S/C12H16N4S/c17-12(16-8-4-1-5-9-16)15-14-10-11-6-2-3-7-13-11/h2-3,6-7,10H,1,4-5,8-9H2,(H,15,17)/b14-10-. The Bertz CT molecular complexity index is 385. The number of hydrogen-bond donors (Lipinski definition) is 1. The van der Waals surface area contributed by atoms with Crippen LogP contribution in [-0.2, 0) is 0 Å². The highest BCUT2D eigenvalue weighted by Gasteiger charge is 2.12. The van der Waals surface area contributed by atoms with E-state index in [1.165, 1.54) is 19.3 Å². The van der Waals surface area contributed by atoms with Crippen molar-refractivity contribution in [3.8, 4) is 0 Å². The Balaban J connectivity index is 1.81. The molecule has 2 heterocycles. The molecule has 4 nitrogen and oxygen atoms in total. The fraction of sp³-hybridized carbons (Fsp3) is 0.417. The minimum absolute atomic E-state index is 0.705. The maximum Gasteiger partial charge on any atom is 0.189 e. The van der Waals surface area contributed by atoms with Crippen molar-refractivity contribution in [1.29, 1.82) is 0 Å². The lowest BCUT2D eigenvalue weighted by molar-refractivity contribution is 0.338. The molecule has 1 saturated heterocycles. The van der Waals surface area contributed by atoms with Gasteiger partial charge in [0.15, 0.2) is 5.11 Å². The number of aromatic nitrogens is 1. The maximum absolute atomic E-state index is 5.27. The third kappa shape index (κ3) is 3.78. The topological polar surface area (TPSA) is 40.5 Å². The van der Waals surface area contributed by atoms with E-state index in [1.54, 1.807) is 12.4 Å². The van der Waals surface area contributed by atoms with Gasteiger partial charge in [0.05, 0.1) is 11.9 Å². The van der Waals surface area contributed by atoms with Crippen LogP contribution < -0.4 is 5.43 Å². The molecule has 0 aliphatic carbocycles. The zero-order valence-corrected chi connectivity index (χ0v) is 10.5. The predicted octanol–water partition coefficient (Wildman–Crippen LogP) is 1.78. The van der Waals surface area contributed by atoms with Crippen molar-refractivity contribution in [2.45, 2.75) is 19.3 Å². The number of piperidine rings is 1. The number of likely N-dealkylation sites (tertiary alicyclic amines) is 1. The van der Waals surface area contributed by atoms with Gasteiger partial charge in [-0.25, -0.2) is 0 Å². The van der Waals surface area contributed by atoms with E-state index < -0.39 is 0 Å². The summed E-state index contributed by atoms with van der Waals surface area (Å²) in [5.41, 5.74) is 3.71. The van der Waals surface area contributed by atoms with Crippen LogP contribution in [0.3, 0.4) is 0 Å².